The molecule has 8 rings (SSSR count). The molecule has 0 amide bonds. The van der Waals surface area contributed by atoms with Gasteiger partial charge in [0.1, 0.15) is 0 Å². The summed E-state index contributed by atoms with van der Waals surface area (Å²) in [6, 6.07) is 51.9. The minimum Gasteiger partial charge on any atom is -0.255 e. The molecule has 0 unspecified atom stereocenters. The molecule has 0 fully saturated rings. The average molecular weight is 563 g/mol. The lowest BCUT2D eigenvalue weighted by atomic mass is 9.99. The summed E-state index contributed by atoms with van der Waals surface area (Å²) in [6.45, 7) is 0. The molecule has 0 saturated heterocycles. The summed E-state index contributed by atoms with van der Waals surface area (Å²) >= 11 is 0. The van der Waals surface area contributed by atoms with Gasteiger partial charge in [-0.05, 0) is 40.8 Å². The molecule has 0 radical (unpaired) electrons. The molecule has 0 aliphatic heterocycles. The summed E-state index contributed by atoms with van der Waals surface area (Å²) in [5, 5.41) is 3.42. The fourth-order valence-corrected chi connectivity index (χ4v) is 5.74. The molecular formula is C40H26N4. The zero-order chi connectivity index (χ0) is 29.3. The third-order valence-corrected chi connectivity index (χ3v) is 7.95. The zero-order valence-electron chi connectivity index (χ0n) is 23.8. The number of aromatic nitrogens is 4. The van der Waals surface area contributed by atoms with E-state index in [4.69, 9.17) is 19.9 Å². The topological polar surface area (TPSA) is 51.6 Å². The van der Waals surface area contributed by atoms with Gasteiger partial charge in [-0.1, -0.05) is 127 Å². The Morgan fingerprint density at radius 1 is 0.341 bits per heavy atom. The Balaban J connectivity index is 1.19. The van der Waals surface area contributed by atoms with Crippen molar-refractivity contribution in [3.05, 3.63) is 158 Å². The van der Waals surface area contributed by atoms with Gasteiger partial charge in [0.25, 0.3) is 0 Å². The molecule has 4 heteroatoms. The third kappa shape index (κ3) is 4.79. The van der Waals surface area contributed by atoms with Crippen LogP contribution in [0.5, 0.6) is 0 Å². The van der Waals surface area contributed by atoms with Crippen LogP contribution in [0, 0.1) is 0 Å². The molecule has 4 nitrogen and oxygen atoms in total. The van der Waals surface area contributed by atoms with Crippen molar-refractivity contribution in [3.63, 3.8) is 0 Å². The normalized spacial score (nSPS) is 11.2. The van der Waals surface area contributed by atoms with Gasteiger partial charge in [0, 0.05) is 33.7 Å². The van der Waals surface area contributed by atoms with E-state index in [9.17, 15) is 0 Å². The van der Waals surface area contributed by atoms with Crippen molar-refractivity contribution in [2.45, 2.75) is 0 Å². The molecule has 8 aromatic rings. The molecule has 44 heavy (non-hydrogen) atoms. The molecule has 5 aromatic carbocycles. The Morgan fingerprint density at radius 2 is 0.909 bits per heavy atom. The van der Waals surface area contributed by atoms with Crippen LogP contribution < -0.4 is 0 Å². The standard InChI is InChI=1S/C40H26N4/c1-3-11-28(12-4-1)36-26-37(44-40(43-36)30-13-5-2-6-14-30)29-21-19-27(20-22-29)31-23-24-41-38(25-31)39-34-17-8-7-15-32(34)33-16-9-10-18-35(33)42-39/h1-26H. The van der Waals surface area contributed by atoms with E-state index in [0.29, 0.717) is 5.82 Å². The maximum atomic E-state index is 5.05. The summed E-state index contributed by atoms with van der Waals surface area (Å²) in [6.07, 6.45) is 1.87. The lowest BCUT2D eigenvalue weighted by molar-refractivity contribution is 1.18. The van der Waals surface area contributed by atoms with Crippen LogP contribution in [0.25, 0.3) is 78.1 Å². The van der Waals surface area contributed by atoms with E-state index in [-0.39, 0.29) is 0 Å². The number of rotatable bonds is 5. The van der Waals surface area contributed by atoms with Crippen LogP contribution in [-0.2, 0) is 0 Å². The first-order valence-electron chi connectivity index (χ1n) is 14.6. The van der Waals surface area contributed by atoms with Crippen molar-refractivity contribution in [3.8, 4) is 56.4 Å². The Labute approximate surface area is 255 Å². The van der Waals surface area contributed by atoms with E-state index in [0.717, 1.165) is 66.9 Å². The van der Waals surface area contributed by atoms with Crippen LogP contribution in [-0.4, -0.2) is 19.9 Å². The summed E-state index contributed by atoms with van der Waals surface area (Å²) in [5.74, 6) is 0.708. The molecule has 0 aliphatic carbocycles. The minimum absolute atomic E-state index is 0.708. The van der Waals surface area contributed by atoms with E-state index < -0.39 is 0 Å². The highest BCUT2D eigenvalue weighted by Gasteiger charge is 2.13. The van der Waals surface area contributed by atoms with Crippen LogP contribution in [0.3, 0.4) is 0 Å². The van der Waals surface area contributed by atoms with E-state index in [1.807, 2.05) is 66.9 Å². The molecule has 206 valence electrons. The number of hydrogen-bond donors (Lipinski definition) is 0. The van der Waals surface area contributed by atoms with E-state index in [1.165, 1.54) is 5.39 Å². The van der Waals surface area contributed by atoms with Crippen molar-refractivity contribution >= 4 is 21.7 Å². The Kier molecular flexibility index (Phi) is 6.43. The third-order valence-electron chi connectivity index (χ3n) is 7.95. The van der Waals surface area contributed by atoms with Crippen molar-refractivity contribution in [2.75, 3.05) is 0 Å². The van der Waals surface area contributed by atoms with Gasteiger partial charge in [0.15, 0.2) is 5.82 Å². The number of benzene rings is 5. The van der Waals surface area contributed by atoms with Crippen LogP contribution in [0.15, 0.2) is 158 Å². The maximum Gasteiger partial charge on any atom is 0.160 e. The van der Waals surface area contributed by atoms with Gasteiger partial charge in [-0.25, -0.2) is 15.0 Å². The Hall–Kier alpha value is -6.00. The maximum absolute atomic E-state index is 5.05. The fourth-order valence-electron chi connectivity index (χ4n) is 5.74. The number of nitrogens with zero attached hydrogens (tertiary/aromatic N) is 4. The highest BCUT2D eigenvalue weighted by molar-refractivity contribution is 6.10. The fraction of sp³-hybridized carbons (Fsp3) is 0. The molecule has 0 saturated carbocycles. The molecule has 0 bridgehead atoms. The summed E-state index contributed by atoms with van der Waals surface area (Å²) in [4.78, 5) is 19.7. The van der Waals surface area contributed by atoms with Crippen molar-refractivity contribution in [1.29, 1.82) is 0 Å². The molecule has 0 N–H and O–H groups in total. The summed E-state index contributed by atoms with van der Waals surface area (Å²) < 4.78 is 0. The lowest BCUT2D eigenvalue weighted by Crippen LogP contribution is -1.96. The van der Waals surface area contributed by atoms with Gasteiger partial charge in [-0.15, -0.1) is 0 Å². The van der Waals surface area contributed by atoms with E-state index >= 15 is 0 Å². The highest BCUT2D eigenvalue weighted by atomic mass is 14.9. The van der Waals surface area contributed by atoms with Crippen molar-refractivity contribution < 1.29 is 0 Å². The smallest absolute Gasteiger partial charge is 0.160 e. The number of fused-ring (bicyclic) bond motifs is 3. The highest BCUT2D eigenvalue weighted by Crippen LogP contribution is 2.34. The minimum atomic E-state index is 0.708. The van der Waals surface area contributed by atoms with Crippen LogP contribution in [0.1, 0.15) is 0 Å². The number of pyridine rings is 2. The molecular weight excluding hydrogens is 536 g/mol. The second kappa shape index (κ2) is 11.0. The largest absolute Gasteiger partial charge is 0.255 e. The summed E-state index contributed by atoms with van der Waals surface area (Å²) in [5.41, 5.74) is 9.74. The van der Waals surface area contributed by atoms with Gasteiger partial charge in [0.05, 0.1) is 28.3 Å². The first kappa shape index (κ1) is 25.7. The quantitative estimate of drug-likeness (QED) is 0.196. The molecule has 0 aliphatic rings. The average Bonchev–Trinajstić information content (AvgIpc) is 3.12. The first-order chi connectivity index (χ1) is 21.8. The molecule has 3 heterocycles. The van der Waals surface area contributed by atoms with Crippen LogP contribution in [0.2, 0.25) is 0 Å². The second-order valence-electron chi connectivity index (χ2n) is 10.7. The SMILES string of the molecule is c1ccc(-c2cc(-c3ccc(-c4ccnc(-c5nc6ccccc6c6ccccc56)c4)cc3)nc(-c3ccccc3)n2)cc1. The van der Waals surface area contributed by atoms with Gasteiger partial charge in [-0.3, -0.25) is 4.98 Å². The molecule has 0 atom stereocenters. The predicted molar refractivity (Wildman–Crippen MR) is 180 cm³/mol. The van der Waals surface area contributed by atoms with E-state index in [1.54, 1.807) is 0 Å². The van der Waals surface area contributed by atoms with Crippen molar-refractivity contribution in [2.24, 2.45) is 0 Å². The summed E-state index contributed by atoms with van der Waals surface area (Å²) in [7, 11) is 0. The second-order valence-corrected chi connectivity index (χ2v) is 10.7. The van der Waals surface area contributed by atoms with Crippen LogP contribution in [0.4, 0.5) is 0 Å². The van der Waals surface area contributed by atoms with Gasteiger partial charge >= 0.3 is 0 Å². The first-order valence-corrected chi connectivity index (χ1v) is 14.6. The van der Waals surface area contributed by atoms with Crippen molar-refractivity contribution in [1.82, 2.24) is 19.9 Å². The Bertz CT molecular complexity index is 2200. The lowest BCUT2D eigenvalue weighted by Gasteiger charge is -2.11. The van der Waals surface area contributed by atoms with Gasteiger partial charge in [-0.2, -0.15) is 0 Å². The van der Waals surface area contributed by atoms with E-state index in [2.05, 4.69) is 91.0 Å². The zero-order valence-corrected chi connectivity index (χ0v) is 23.8. The predicted octanol–water partition coefficient (Wildman–Crippen LogP) is 9.91. The number of hydrogen-bond acceptors (Lipinski definition) is 4. The molecule has 0 spiro atoms. The monoisotopic (exact) mass is 562 g/mol. The Morgan fingerprint density at radius 3 is 1.64 bits per heavy atom. The number of para-hydroxylation sites is 1. The van der Waals surface area contributed by atoms with Crippen LogP contribution >= 0.6 is 0 Å². The molecule has 3 aromatic heterocycles. The van der Waals surface area contributed by atoms with Gasteiger partial charge in [0.2, 0.25) is 0 Å². The van der Waals surface area contributed by atoms with Gasteiger partial charge < -0.3 is 0 Å².